The molecule has 1 aliphatic heterocycles. The molecule has 0 radical (unpaired) electrons. The summed E-state index contributed by atoms with van der Waals surface area (Å²) in [6.07, 6.45) is 3.00. The van der Waals surface area contributed by atoms with Crippen molar-refractivity contribution in [1.82, 2.24) is 4.57 Å². The summed E-state index contributed by atoms with van der Waals surface area (Å²) in [5.41, 5.74) is 2.31. The Bertz CT molecular complexity index is 1440. The van der Waals surface area contributed by atoms with Gasteiger partial charge in [0.05, 0.1) is 43.0 Å². The second kappa shape index (κ2) is 10.9. The van der Waals surface area contributed by atoms with E-state index in [1.54, 1.807) is 49.4 Å². The molecule has 1 aromatic heterocycles. The van der Waals surface area contributed by atoms with E-state index in [1.807, 2.05) is 0 Å². The molecule has 0 aliphatic carbocycles. The highest BCUT2D eigenvalue weighted by molar-refractivity contribution is 7.07. The molecule has 3 aromatic rings. The average Bonchev–Trinajstić information content (AvgIpc) is 3.12. The lowest BCUT2D eigenvalue weighted by Crippen LogP contribution is -2.32. The molecular formula is C25H22ClNO7S. The van der Waals surface area contributed by atoms with Gasteiger partial charge in [-0.1, -0.05) is 23.7 Å². The van der Waals surface area contributed by atoms with E-state index in [0.29, 0.717) is 43.3 Å². The number of hydrogen-bond acceptors (Lipinski definition) is 8. The van der Waals surface area contributed by atoms with Crippen LogP contribution in [0.3, 0.4) is 0 Å². The Morgan fingerprint density at radius 3 is 2.71 bits per heavy atom. The summed E-state index contributed by atoms with van der Waals surface area (Å²) < 4.78 is 23.1. The van der Waals surface area contributed by atoms with Gasteiger partial charge in [-0.05, 0) is 42.8 Å². The van der Waals surface area contributed by atoms with Crippen LogP contribution in [-0.4, -0.2) is 37.0 Å². The number of aromatic nitrogens is 1. The SMILES string of the molecule is CCOC(=O)C=c1sc(=Cc2ccc(C(=O)OC)cc2)c(=O)n1Cc1cc(Cl)cc2c1OCOC2. The number of carbonyl (C=O) groups is 2. The molecule has 35 heavy (non-hydrogen) atoms. The van der Waals surface area contributed by atoms with Gasteiger partial charge in [-0.25, -0.2) is 9.59 Å². The number of carbonyl (C=O) groups excluding carboxylic acids is 2. The molecule has 0 N–H and O–H groups in total. The van der Waals surface area contributed by atoms with E-state index in [0.717, 1.165) is 16.9 Å². The third-order valence-corrected chi connectivity index (χ3v) is 6.45. The molecule has 0 fully saturated rings. The number of nitrogens with zero attached hydrogens (tertiary/aromatic N) is 1. The van der Waals surface area contributed by atoms with E-state index in [2.05, 4.69) is 0 Å². The number of halogens is 1. The van der Waals surface area contributed by atoms with Crippen LogP contribution in [0.2, 0.25) is 5.02 Å². The standard InChI is InChI=1S/C25H22ClNO7S/c1-3-33-22(28)11-21-27(12-17-9-19(26)10-18-13-32-14-34-23(17)18)24(29)20(35-21)8-15-4-6-16(7-5-15)25(30)31-2/h4-11H,3,12-14H2,1-2H3. The highest BCUT2D eigenvalue weighted by atomic mass is 35.5. The Hall–Kier alpha value is -3.40. The zero-order chi connectivity index (χ0) is 24.9. The predicted molar refractivity (Wildman–Crippen MR) is 131 cm³/mol. The fourth-order valence-corrected chi connectivity index (χ4v) is 4.90. The number of esters is 2. The molecule has 1 aliphatic rings. The second-order valence-electron chi connectivity index (χ2n) is 7.51. The molecule has 0 saturated heterocycles. The number of hydrogen-bond donors (Lipinski definition) is 0. The topological polar surface area (TPSA) is 93.1 Å². The van der Waals surface area contributed by atoms with Crippen molar-refractivity contribution in [2.45, 2.75) is 20.1 Å². The fraction of sp³-hybridized carbons (Fsp3) is 0.240. The molecule has 4 rings (SSSR count). The maximum Gasteiger partial charge on any atom is 0.337 e. The monoisotopic (exact) mass is 515 g/mol. The van der Waals surface area contributed by atoms with Gasteiger partial charge in [0.1, 0.15) is 10.4 Å². The van der Waals surface area contributed by atoms with Gasteiger partial charge in [-0.15, -0.1) is 11.3 Å². The molecule has 182 valence electrons. The van der Waals surface area contributed by atoms with Crippen LogP contribution in [-0.2, 0) is 32.2 Å². The van der Waals surface area contributed by atoms with E-state index in [4.69, 9.17) is 30.5 Å². The molecule has 0 saturated carbocycles. The first-order valence-corrected chi connectivity index (χ1v) is 11.9. The van der Waals surface area contributed by atoms with E-state index in [1.165, 1.54) is 17.8 Å². The minimum absolute atomic E-state index is 0.0998. The first kappa shape index (κ1) is 24.7. The van der Waals surface area contributed by atoms with E-state index >= 15 is 0 Å². The minimum Gasteiger partial charge on any atom is -0.467 e. The van der Waals surface area contributed by atoms with Gasteiger partial charge in [-0.3, -0.25) is 9.36 Å². The Morgan fingerprint density at radius 2 is 2.00 bits per heavy atom. The van der Waals surface area contributed by atoms with Gasteiger partial charge in [0.25, 0.3) is 5.56 Å². The lowest BCUT2D eigenvalue weighted by atomic mass is 10.1. The molecule has 0 spiro atoms. The van der Waals surface area contributed by atoms with Crippen LogP contribution in [0, 0.1) is 0 Å². The Kier molecular flexibility index (Phi) is 7.70. The van der Waals surface area contributed by atoms with E-state index in [9.17, 15) is 14.4 Å². The van der Waals surface area contributed by atoms with Crippen molar-refractivity contribution in [3.63, 3.8) is 0 Å². The molecule has 8 nitrogen and oxygen atoms in total. The lowest BCUT2D eigenvalue weighted by Gasteiger charge is -2.21. The zero-order valence-corrected chi connectivity index (χ0v) is 20.6. The van der Waals surface area contributed by atoms with Crippen molar-refractivity contribution in [2.24, 2.45) is 0 Å². The predicted octanol–water partition coefficient (Wildman–Crippen LogP) is 2.44. The summed E-state index contributed by atoms with van der Waals surface area (Å²) in [6.45, 7) is 2.51. The third-order valence-electron chi connectivity index (χ3n) is 5.17. The highest BCUT2D eigenvalue weighted by Crippen LogP contribution is 2.31. The molecule has 0 atom stereocenters. The number of ether oxygens (including phenoxy) is 4. The van der Waals surface area contributed by atoms with Gasteiger partial charge >= 0.3 is 11.9 Å². The number of thiazole rings is 1. The van der Waals surface area contributed by atoms with Gasteiger partial charge in [-0.2, -0.15) is 0 Å². The number of rotatable bonds is 6. The molecular weight excluding hydrogens is 494 g/mol. The quantitative estimate of drug-likeness (QED) is 0.465. The van der Waals surface area contributed by atoms with Crippen molar-refractivity contribution in [3.8, 4) is 5.75 Å². The number of fused-ring (bicyclic) bond motifs is 1. The Labute approximate surface area is 209 Å². The van der Waals surface area contributed by atoms with Gasteiger partial charge in [0.15, 0.2) is 6.79 Å². The van der Waals surface area contributed by atoms with Crippen LogP contribution in [0.25, 0.3) is 12.2 Å². The van der Waals surface area contributed by atoms with Crippen molar-refractivity contribution >= 4 is 47.0 Å². The average molecular weight is 516 g/mol. The summed E-state index contributed by atoms with van der Waals surface area (Å²) in [4.78, 5) is 37.3. The normalized spacial score (nSPS) is 13.8. The number of methoxy groups -OCH3 is 1. The van der Waals surface area contributed by atoms with Gasteiger partial charge in [0.2, 0.25) is 0 Å². The minimum atomic E-state index is -0.547. The summed E-state index contributed by atoms with van der Waals surface area (Å²) in [5.74, 6) is -0.377. The van der Waals surface area contributed by atoms with Crippen molar-refractivity contribution in [1.29, 1.82) is 0 Å². The van der Waals surface area contributed by atoms with Crippen molar-refractivity contribution in [2.75, 3.05) is 20.5 Å². The first-order valence-electron chi connectivity index (χ1n) is 10.7. The van der Waals surface area contributed by atoms with Crippen LogP contribution in [0.1, 0.15) is 34.0 Å². The van der Waals surface area contributed by atoms with Crippen LogP contribution >= 0.6 is 22.9 Å². The Morgan fingerprint density at radius 1 is 1.23 bits per heavy atom. The van der Waals surface area contributed by atoms with Crippen LogP contribution in [0.4, 0.5) is 0 Å². The fourth-order valence-electron chi connectivity index (χ4n) is 3.61. The molecule has 0 amide bonds. The van der Waals surface area contributed by atoms with Crippen molar-refractivity contribution in [3.05, 3.63) is 83.2 Å². The second-order valence-corrected chi connectivity index (χ2v) is 9.01. The molecule has 2 aromatic carbocycles. The van der Waals surface area contributed by atoms with Gasteiger partial charge < -0.3 is 18.9 Å². The summed E-state index contributed by atoms with van der Waals surface area (Å²) >= 11 is 7.45. The summed E-state index contributed by atoms with van der Waals surface area (Å²) in [7, 11) is 1.31. The molecule has 10 heteroatoms. The largest absolute Gasteiger partial charge is 0.467 e. The molecule has 0 bridgehead atoms. The summed E-state index contributed by atoms with van der Waals surface area (Å²) in [5, 5.41) is 0.490. The maximum atomic E-state index is 13.4. The van der Waals surface area contributed by atoms with Crippen LogP contribution < -0.4 is 19.5 Å². The van der Waals surface area contributed by atoms with Crippen molar-refractivity contribution < 1.29 is 28.5 Å². The van der Waals surface area contributed by atoms with Crippen LogP contribution in [0.15, 0.2) is 41.2 Å². The smallest absolute Gasteiger partial charge is 0.337 e. The highest BCUT2D eigenvalue weighted by Gasteiger charge is 2.18. The molecule has 2 heterocycles. The Balaban J connectivity index is 1.81. The van der Waals surface area contributed by atoms with Crippen LogP contribution in [0.5, 0.6) is 5.75 Å². The third kappa shape index (κ3) is 5.64. The van der Waals surface area contributed by atoms with Gasteiger partial charge in [0, 0.05) is 16.1 Å². The lowest BCUT2D eigenvalue weighted by molar-refractivity contribution is -0.135. The summed E-state index contributed by atoms with van der Waals surface area (Å²) in [6, 6.07) is 10.2. The zero-order valence-electron chi connectivity index (χ0n) is 19.0. The maximum absolute atomic E-state index is 13.4. The number of benzene rings is 2. The first-order chi connectivity index (χ1) is 16.9. The molecule has 0 unspecified atom stereocenters. The van der Waals surface area contributed by atoms with E-state index < -0.39 is 11.9 Å². The van der Waals surface area contributed by atoms with E-state index in [-0.39, 0.29) is 25.5 Å².